The molecule has 7 nitrogen and oxygen atoms in total. The van der Waals surface area contributed by atoms with E-state index in [9.17, 15) is 9.59 Å². The molecule has 0 unspecified atom stereocenters. The predicted molar refractivity (Wildman–Crippen MR) is 81.0 cm³/mol. The summed E-state index contributed by atoms with van der Waals surface area (Å²) < 4.78 is 5.21. The van der Waals surface area contributed by atoms with Crippen molar-refractivity contribution in [3.8, 4) is 0 Å². The van der Waals surface area contributed by atoms with E-state index < -0.39 is 0 Å². The molecule has 3 rings (SSSR count). The number of nitrogens with one attached hydrogen (secondary N) is 2. The second-order valence-electron chi connectivity index (χ2n) is 5.43. The van der Waals surface area contributed by atoms with Gasteiger partial charge in [-0.05, 0) is 25.8 Å². The van der Waals surface area contributed by atoms with Crippen molar-refractivity contribution in [2.45, 2.75) is 25.8 Å². The van der Waals surface area contributed by atoms with Crippen molar-refractivity contribution in [1.29, 1.82) is 0 Å². The third-order valence-electron chi connectivity index (χ3n) is 3.81. The van der Waals surface area contributed by atoms with Gasteiger partial charge in [0, 0.05) is 37.1 Å². The third kappa shape index (κ3) is 2.88. The monoisotopic (exact) mass is 302 g/mol. The molecule has 1 amide bonds. The van der Waals surface area contributed by atoms with Gasteiger partial charge in [-0.15, -0.1) is 0 Å². The van der Waals surface area contributed by atoms with Gasteiger partial charge in [0.15, 0.2) is 11.6 Å². The molecule has 0 aromatic carbocycles. The van der Waals surface area contributed by atoms with Gasteiger partial charge < -0.3 is 19.6 Å². The number of rotatable bonds is 3. The van der Waals surface area contributed by atoms with Crippen molar-refractivity contribution in [3.63, 3.8) is 0 Å². The van der Waals surface area contributed by atoms with Crippen LogP contribution in [-0.2, 0) is 0 Å². The fourth-order valence-corrected chi connectivity index (χ4v) is 2.71. The number of furan rings is 1. The first-order valence-corrected chi connectivity index (χ1v) is 7.29. The number of hydrogen-bond donors (Lipinski definition) is 2. The lowest BCUT2D eigenvalue weighted by Crippen LogP contribution is -2.49. The van der Waals surface area contributed by atoms with Crippen molar-refractivity contribution in [3.05, 3.63) is 46.4 Å². The quantitative estimate of drug-likeness (QED) is 0.885. The first-order chi connectivity index (χ1) is 10.6. The lowest BCUT2D eigenvalue weighted by Gasteiger charge is -2.33. The molecular weight excluding hydrogens is 284 g/mol. The minimum atomic E-state index is -0.218. The van der Waals surface area contributed by atoms with E-state index in [1.54, 1.807) is 12.3 Å². The zero-order valence-electron chi connectivity index (χ0n) is 12.3. The maximum absolute atomic E-state index is 12.2. The Hall–Kier alpha value is -2.57. The minimum Gasteiger partial charge on any atom is -0.459 e. The van der Waals surface area contributed by atoms with E-state index in [2.05, 4.69) is 15.3 Å². The van der Waals surface area contributed by atoms with Crippen LogP contribution in [-0.4, -0.2) is 35.0 Å². The van der Waals surface area contributed by atoms with E-state index in [0.717, 1.165) is 24.9 Å². The molecule has 22 heavy (non-hydrogen) atoms. The molecule has 2 N–H and O–H groups in total. The highest BCUT2D eigenvalue weighted by molar-refractivity contribution is 5.93. The van der Waals surface area contributed by atoms with E-state index >= 15 is 0 Å². The van der Waals surface area contributed by atoms with Gasteiger partial charge in [-0.25, -0.2) is 4.98 Å². The zero-order chi connectivity index (χ0) is 15.5. The summed E-state index contributed by atoms with van der Waals surface area (Å²) in [5.74, 6) is 0.521. The molecule has 1 atom stereocenters. The molecule has 0 saturated carbocycles. The first kappa shape index (κ1) is 14.4. The van der Waals surface area contributed by atoms with Crippen molar-refractivity contribution in [2.75, 3.05) is 18.0 Å². The molecule has 1 fully saturated rings. The molecule has 1 aliphatic heterocycles. The molecule has 116 valence electrons. The van der Waals surface area contributed by atoms with Gasteiger partial charge in [0.2, 0.25) is 0 Å². The maximum Gasteiger partial charge on any atom is 0.290 e. The molecule has 2 aromatic heterocycles. The van der Waals surface area contributed by atoms with Gasteiger partial charge in [0.05, 0.1) is 6.26 Å². The number of hydrogen-bond acceptors (Lipinski definition) is 5. The Morgan fingerprint density at radius 2 is 2.41 bits per heavy atom. The van der Waals surface area contributed by atoms with Crippen LogP contribution in [0.15, 0.2) is 33.9 Å². The number of amides is 1. The number of aromatic amines is 1. The summed E-state index contributed by atoms with van der Waals surface area (Å²) in [6.07, 6.45) is 6.33. The van der Waals surface area contributed by atoms with E-state index in [4.69, 9.17) is 4.42 Å². The maximum atomic E-state index is 12.2. The largest absolute Gasteiger partial charge is 0.459 e. The molecule has 2 aromatic rings. The number of piperidine rings is 1. The van der Waals surface area contributed by atoms with Crippen LogP contribution in [0.4, 0.5) is 5.82 Å². The van der Waals surface area contributed by atoms with Crippen LogP contribution in [0.25, 0.3) is 0 Å². The third-order valence-corrected chi connectivity index (χ3v) is 3.81. The molecule has 0 aliphatic carbocycles. The highest BCUT2D eigenvalue weighted by Gasteiger charge is 2.25. The van der Waals surface area contributed by atoms with Gasteiger partial charge in [0.1, 0.15) is 0 Å². The highest BCUT2D eigenvalue weighted by atomic mass is 16.3. The molecule has 3 heterocycles. The van der Waals surface area contributed by atoms with Crippen molar-refractivity contribution < 1.29 is 9.21 Å². The molecule has 1 saturated heterocycles. The van der Waals surface area contributed by atoms with E-state index in [-0.39, 0.29) is 17.5 Å². The topological polar surface area (TPSA) is 91.2 Å². The van der Waals surface area contributed by atoms with Crippen LogP contribution >= 0.6 is 0 Å². The van der Waals surface area contributed by atoms with E-state index in [1.807, 2.05) is 11.8 Å². The summed E-state index contributed by atoms with van der Waals surface area (Å²) in [6, 6.07) is 1.72. The average Bonchev–Trinajstić information content (AvgIpc) is 2.94. The number of carbonyl (C=O) groups is 1. The summed E-state index contributed by atoms with van der Waals surface area (Å²) in [4.78, 5) is 32.7. The summed E-state index contributed by atoms with van der Waals surface area (Å²) in [5, 5.41) is 2.97. The van der Waals surface area contributed by atoms with E-state index in [0.29, 0.717) is 18.1 Å². The predicted octanol–water partition coefficient (Wildman–Crippen LogP) is 1.07. The minimum absolute atomic E-state index is 0.0350. The average molecular weight is 302 g/mol. The number of carbonyl (C=O) groups excluding carboxylic acids is 1. The number of H-pyrrole nitrogens is 1. The smallest absolute Gasteiger partial charge is 0.290 e. The molecular formula is C15H18N4O3. The van der Waals surface area contributed by atoms with Crippen molar-refractivity contribution >= 4 is 11.7 Å². The van der Waals surface area contributed by atoms with Crippen molar-refractivity contribution in [2.24, 2.45) is 0 Å². The fourth-order valence-electron chi connectivity index (χ4n) is 2.71. The van der Waals surface area contributed by atoms with Crippen LogP contribution in [0, 0.1) is 6.92 Å². The van der Waals surface area contributed by atoms with Gasteiger partial charge >= 0.3 is 0 Å². The molecule has 0 radical (unpaired) electrons. The summed E-state index contributed by atoms with van der Waals surface area (Å²) in [6.45, 7) is 3.15. The normalized spacial score (nSPS) is 18.2. The Kier molecular flexibility index (Phi) is 3.95. The Balaban J connectivity index is 1.69. The Morgan fingerprint density at radius 1 is 1.55 bits per heavy atom. The number of aryl methyl sites for hydroxylation is 1. The summed E-state index contributed by atoms with van der Waals surface area (Å²) in [7, 11) is 0. The van der Waals surface area contributed by atoms with Gasteiger partial charge in [-0.1, -0.05) is 0 Å². The van der Waals surface area contributed by atoms with Crippen LogP contribution in [0.2, 0.25) is 0 Å². The summed E-state index contributed by atoms with van der Waals surface area (Å²) >= 11 is 0. The van der Waals surface area contributed by atoms with Crippen LogP contribution in [0.5, 0.6) is 0 Å². The Morgan fingerprint density at radius 3 is 3.14 bits per heavy atom. The molecule has 0 bridgehead atoms. The van der Waals surface area contributed by atoms with Crippen molar-refractivity contribution in [1.82, 2.24) is 15.3 Å². The van der Waals surface area contributed by atoms with Gasteiger partial charge in [-0.2, -0.15) is 0 Å². The van der Waals surface area contributed by atoms with E-state index in [1.165, 1.54) is 12.5 Å². The lowest BCUT2D eigenvalue weighted by molar-refractivity contribution is 0.0904. The SMILES string of the molecule is Cc1ccoc1C(=O)N[C@@H]1CCCN(c2ncc[nH]c2=O)C1. The second kappa shape index (κ2) is 6.05. The number of nitrogens with zero attached hydrogens (tertiary/aromatic N) is 2. The number of anilines is 1. The molecule has 7 heteroatoms. The second-order valence-corrected chi connectivity index (χ2v) is 5.43. The Labute approximate surface area is 127 Å². The standard InChI is InChI=1S/C15H18N4O3/c1-10-4-8-22-12(10)14(20)18-11-3-2-7-19(9-11)13-15(21)17-6-5-16-13/h4-6,8,11H,2-3,7,9H2,1H3,(H,17,21)(H,18,20)/t11-/m1/s1. The van der Waals surface area contributed by atoms with Crippen LogP contribution in [0.1, 0.15) is 29.0 Å². The summed E-state index contributed by atoms with van der Waals surface area (Å²) in [5.41, 5.74) is 0.600. The lowest BCUT2D eigenvalue weighted by atomic mass is 10.1. The highest BCUT2D eigenvalue weighted by Crippen LogP contribution is 2.15. The number of aromatic nitrogens is 2. The van der Waals surface area contributed by atoms with Crippen LogP contribution in [0.3, 0.4) is 0 Å². The Bertz CT molecular complexity index is 721. The van der Waals surface area contributed by atoms with Gasteiger partial charge in [-0.3, -0.25) is 9.59 Å². The zero-order valence-corrected chi connectivity index (χ0v) is 12.3. The van der Waals surface area contributed by atoms with Crippen LogP contribution < -0.4 is 15.8 Å². The van der Waals surface area contributed by atoms with Gasteiger partial charge in [0.25, 0.3) is 11.5 Å². The molecule has 0 spiro atoms. The fraction of sp³-hybridized carbons (Fsp3) is 0.400. The first-order valence-electron chi connectivity index (χ1n) is 7.29. The molecule has 1 aliphatic rings.